The Hall–Kier alpha value is -2.24. The van der Waals surface area contributed by atoms with E-state index in [4.69, 9.17) is 22.7 Å². The van der Waals surface area contributed by atoms with Gasteiger partial charge in [-0.3, -0.25) is 0 Å². The van der Waals surface area contributed by atoms with Crippen LogP contribution in [0.5, 0.6) is 5.75 Å². The fourth-order valence-corrected chi connectivity index (χ4v) is 2.89. The number of thiocarbonyl (C=S) groups is 1. The van der Waals surface area contributed by atoms with Crippen LogP contribution in [0.25, 0.3) is 0 Å². The molecular weight excluding hydrogens is 354 g/mol. The molecule has 0 saturated heterocycles. The van der Waals surface area contributed by atoms with Crippen molar-refractivity contribution in [3.63, 3.8) is 0 Å². The van der Waals surface area contributed by atoms with Crippen molar-refractivity contribution >= 4 is 23.2 Å². The number of benzene rings is 2. The molecule has 0 aromatic heterocycles. The molecule has 144 valence electrons. The molecule has 2 aromatic carbocycles. The molecule has 0 amide bonds. The van der Waals surface area contributed by atoms with Crippen LogP contribution in [0.15, 0.2) is 41.4 Å². The minimum Gasteiger partial charge on any atom is -0.430 e. The molecule has 0 radical (unpaired) electrons. The van der Waals surface area contributed by atoms with Crippen LogP contribution < -0.4 is 10.5 Å². The van der Waals surface area contributed by atoms with Crippen LogP contribution in [-0.2, 0) is 6.42 Å². The van der Waals surface area contributed by atoms with E-state index in [2.05, 4.69) is 36.9 Å². The van der Waals surface area contributed by atoms with Crippen LogP contribution >= 0.6 is 12.2 Å². The second-order valence-electron chi connectivity index (χ2n) is 6.92. The lowest BCUT2D eigenvalue weighted by Gasteiger charge is -2.16. The van der Waals surface area contributed by atoms with Gasteiger partial charge in [0.25, 0.3) is 5.17 Å². The van der Waals surface area contributed by atoms with Crippen molar-refractivity contribution in [1.82, 2.24) is 4.90 Å². The molecule has 0 fully saturated rings. The number of aliphatic imine (C=N–C) groups is 1. The summed E-state index contributed by atoms with van der Waals surface area (Å²) in [5.74, 6) is 1.08. The van der Waals surface area contributed by atoms with Gasteiger partial charge in [0.2, 0.25) is 0 Å². The minimum absolute atomic E-state index is 0.119. The van der Waals surface area contributed by atoms with Gasteiger partial charge in [0.05, 0.1) is 0 Å². The molecule has 5 heteroatoms. The summed E-state index contributed by atoms with van der Waals surface area (Å²) in [6, 6.07) is 12.0. The fraction of sp³-hybridized carbons (Fsp3) is 0.364. The number of hydrogen-bond acceptors (Lipinski definition) is 3. The van der Waals surface area contributed by atoms with E-state index >= 15 is 0 Å². The number of nitrogens with two attached hydrogens (primary N) is 1. The highest BCUT2D eigenvalue weighted by Crippen LogP contribution is 2.24. The molecule has 2 rings (SSSR count). The SMILES string of the molecule is CCN(C)CCc1cc(C)c(OC(=S)N=C(N)c2ccc(C)cc2)cc1C. The largest absolute Gasteiger partial charge is 0.430 e. The Morgan fingerprint density at radius 2 is 1.78 bits per heavy atom. The van der Waals surface area contributed by atoms with Crippen molar-refractivity contribution in [1.29, 1.82) is 0 Å². The lowest BCUT2D eigenvalue weighted by Crippen LogP contribution is -2.20. The molecule has 2 N–H and O–H groups in total. The predicted octanol–water partition coefficient (Wildman–Crippen LogP) is 4.18. The van der Waals surface area contributed by atoms with Gasteiger partial charge in [0.1, 0.15) is 11.6 Å². The summed E-state index contributed by atoms with van der Waals surface area (Å²) < 4.78 is 5.80. The summed E-state index contributed by atoms with van der Waals surface area (Å²) in [5.41, 5.74) is 11.6. The third-order valence-electron chi connectivity index (χ3n) is 4.69. The topological polar surface area (TPSA) is 50.8 Å². The Bertz CT molecular complexity index is 828. The van der Waals surface area contributed by atoms with E-state index in [1.165, 1.54) is 16.7 Å². The van der Waals surface area contributed by atoms with Gasteiger partial charge in [-0.05, 0) is 75.8 Å². The molecule has 0 saturated carbocycles. The van der Waals surface area contributed by atoms with E-state index in [0.29, 0.717) is 5.84 Å². The second-order valence-corrected chi connectivity index (χ2v) is 7.27. The molecule has 0 heterocycles. The van der Waals surface area contributed by atoms with Gasteiger partial charge in [-0.25, -0.2) is 0 Å². The first kappa shape index (κ1) is 21.1. The zero-order chi connectivity index (χ0) is 20.0. The number of rotatable bonds is 6. The third kappa shape index (κ3) is 6.15. The maximum Gasteiger partial charge on any atom is 0.290 e. The third-order valence-corrected chi connectivity index (χ3v) is 4.87. The monoisotopic (exact) mass is 383 g/mol. The lowest BCUT2D eigenvalue weighted by atomic mass is 10.0. The van der Waals surface area contributed by atoms with Crippen LogP contribution in [-0.4, -0.2) is 36.0 Å². The molecule has 0 unspecified atom stereocenters. The van der Waals surface area contributed by atoms with Gasteiger partial charge in [-0.15, -0.1) is 0 Å². The van der Waals surface area contributed by atoms with E-state index in [0.717, 1.165) is 36.4 Å². The maximum atomic E-state index is 6.05. The van der Waals surface area contributed by atoms with Crippen molar-refractivity contribution in [2.75, 3.05) is 20.1 Å². The Morgan fingerprint density at radius 1 is 1.11 bits per heavy atom. The molecule has 27 heavy (non-hydrogen) atoms. The predicted molar refractivity (Wildman–Crippen MR) is 118 cm³/mol. The van der Waals surface area contributed by atoms with Crippen molar-refractivity contribution in [2.24, 2.45) is 10.7 Å². The summed E-state index contributed by atoms with van der Waals surface area (Å²) in [6.45, 7) is 10.4. The van der Waals surface area contributed by atoms with E-state index in [1.54, 1.807) is 0 Å². The average Bonchev–Trinajstić information content (AvgIpc) is 2.63. The molecule has 0 bridgehead atoms. The zero-order valence-corrected chi connectivity index (χ0v) is 17.7. The summed E-state index contributed by atoms with van der Waals surface area (Å²) in [4.78, 5) is 6.54. The lowest BCUT2D eigenvalue weighted by molar-refractivity contribution is 0.357. The molecule has 0 aliphatic rings. The van der Waals surface area contributed by atoms with Gasteiger partial charge >= 0.3 is 0 Å². The van der Waals surface area contributed by atoms with Crippen LogP contribution in [0.2, 0.25) is 0 Å². The van der Waals surface area contributed by atoms with Gasteiger partial charge < -0.3 is 15.4 Å². The molecule has 0 spiro atoms. The highest BCUT2D eigenvalue weighted by molar-refractivity contribution is 7.80. The molecule has 0 aliphatic carbocycles. The first-order valence-corrected chi connectivity index (χ1v) is 9.62. The van der Waals surface area contributed by atoms with E-state index in [9.17, 15) is 0 Å². The highest BCUT2D eigenvalue weighted by Gasteiger charge is 2.09. The molecule has 4 nitrogen and oxygen atoms in total. The Morgan fingerprint density at radius 3 is 2.41 bits per heavy atom. The minimum atomic E-state index is 0.119. The number of nitrogens with zero attached hydrogens (tertiary/aromatic N) is 2. The number of amidine groups is 1. The second kappa shape index (κ2) is 9.62. The molecule has 0 aliphatic heterocycles. The normalized spacial score (nSPS) is 11.7. The van der Waals surface area contributed by atoms with Crippen LogP contribution in [0, 0.1) is 20.8 Å². The smallest absolute Gasteiger partial charge is 0.290 e. The molecule has 2 aromatic rings. The van der Waals surface area contributed by atoms with Crippen molar-refractivity contribution < 1.29 is 4.74 Å². The van der Waals surface area contributed by atoms with Crippen LogP contribution in [0.4, 0.5) is 0 Å². The number of likely N-dealkylation sites (N-methyl/N-ethyl adjacent to an activating group) is 1. The van der Waals surface area contributed by atoms with Gasteiger partial charge in [0.15, 0.2) is 0 Å². The van der Waals surface area contributed by atoms with Gasteiger partial charge in [-0.1, -0.05) is 42.8 Å². The van der Waals surface area contributed by atoms with Gasteiger partial charge in [-0.2, -0.15) is 4.99 Å². The summed E-state index contributed by atoms with van der Waals surface area (Å²) in [7, 11) is 2.13. The van der Waals surface area contributed by atoms with Crippen molar-refractivity contribution in [2.45, 2.75) is 34.1 Å². The quantitative estimate of drug-likeness (QED) is 0.462. The summed E-state index contributed by atoms with van der Waals surface area (Å²) >= 11 is 5.28. The molecule has 0 atom stereocenters. The fourth-order valence-electron chi connectivity index (χ4n) is 2.70. The number of aryl methyl sites for hydroxylation is 3. The highest BCUT2D eigenvalue weighted by atomic mass is 32.1. The Balaban J connectivity index is 2.10. The van der Waals surface area contributed by atoms with E-state index in [-0.39, 0.29) is 5.17 Å². The van der Waals surface area contributed by atoms with Gasteiger partial charge in [0, 0.05) is 12.1 Å². The van der Waals surface area contributed by atoms with Crippen molar-refractivity contribution in [3.05, 3.63) is 64.2 Å². The Kier molecular flexibility index (Phi) is 7.51. The van der Waals surface area contributed by atoms with Crippen LogP contribution in [0.3, 0.4) is 0 Å². The van der Waals surface area contributed by atoms with E-state index in [1.807, 2.05) is 44.2 Å². The van der Waals surface area contributed by atoms with Crippen molar-refractivity contribution in [3.8, 4) is 5.75 Å². The summed E-state index contributed by atoms with van der Waals surface area (Å²) in [5, 5.41) is 0.119. The van der Waals surface area contributed by atoms with Crippen LogP contribution in [0.1, 0.15) is 34.7 Å². The standard InChI is InChI=1S/C22H29N3OS/c1-6-25(5)12-11-19-13-17(4)20(14-16(19)3)26-22(27)24-21(23)18-9-7-15(2)8-10-18/h7-10,13-14H,6,11-12H2,1-5H3,(H2,23,24,27). The molecular formula is C22H29N3OS. The summed E-state index contributed by atoms with van der Waals surface area (Å²) in [6.07, 6.45) is 1.01. The first-order chi connectivity index (χ1) is 12.8. The first-order valence-electron chi connectivity index (χ1n) is 9.21. The maximum absolute atomic E-state index is 6.05. The number of hydrogen-bond donors (Lipinski definition) is 1. The number of ether oxygens (including phenoxy) is 1. The Labute approximate surface area is 168 Å². The average molecular weight is 384 g/mol. The zero-order valence-electron chi connectivity index (χ0n) is 16.9. The van der Waals surface area contributed by atoms with E-state index < -0.39 is 0 Å².